The lowest BCUT2D eigenvalue weighted by Crippen LogP contribution is -2.25. The molecule has 6 heteroatoms. The number of rotatable bonds is 6. The molecule has 0 spiro atoms. The summed E-state index contributed by atoms with van der Waals surface area (Å²) in [6, 6.07) is 2.14. The van der Waals surface area contributed by atoms with Crippen molar-refractivity contribution in [3.63, 3.8) is 0 Å². The van der Waals surface area contributed by atoms with Gasteiger partial charge in [-0.05, 0) is 55.6 Å². The highest BCUT2D eigenvalue weighted by atomic mass is 16.1. The van der Waals surface area contributed by atoms with Crippen LogP contribution in [0.1, 0.15) is 76.6 Å². The van der Waals surface area contributed by atoms with E-state index in [0.29, 0.717) is 24.0 Å². The Morgan fingerprint density at radius 2 is 2.00 bits per heavy atom. The molecule has 6 nitrogen and oxygen atoms in total. The summed E-state index contributed by atoms with van der Waals surface area (Å²) in [5, 5.41) is 8.89. The molecule has 0 amide bonds. The van der Waals surface area contributed by atoms with Crippen LogP contribution in [0.25, 0.3) is 16.8 Å². The van der Waals surface area contributed by atoms with Gasteiger partial charge in [-0.2, -0.15) is 0 Å². The van der Waals surface area contributed by atoms with Crippen molar-refractivity contribution in [1.29, 1.82) is 0 Å². The Morgan fingerprint density at radius 1 is 1.22 bits per heavy atom. The third-order valence-corrected chi connectivity index (χ3v) is 6.47. The van der Waals surface area contributed by atoms with E-state index in [4.69, 9.17) is 4.98 Å². The van der Waals surface area contributed by atoms with Gasteiger partial charge in [0.05, 0.1) is 5.52 Å². The van der Waals surface area contributed by atoms with Crippen molar-refractivity contribution < 1.29 is 0 Å². The lowest BCUT2D eigenvalue weighted by Gasteiger charge is -2.16. The van der Waals surface area contributed by atoms with Crippen LogP contribution in [0.3, 0.4) is 0 Å². The molecule has 0 unspecified atom stereocenters. The largest absolute Gasteiger partial charge is 0.302 e. The normalized spacial score (nSPS) is 18.7. The Hall–Kier alpha value is -2.24. The Bertz CT molecular complexity index is 1090. The number of aromatic nitrogens is 5. The summed E-state index contributed by atoms with van der Waals surface area (Å²) in [6.07, 6.45) is 8.80. The van der Waals surface area contributed by atoms with E-state index >= 15 is 0 Å². The summed E-state index contributed by atoms with van der Waals surface area (Å²) < 4.78 is 3.84. The number of aryl methyl sites for hydroxylation is 1. The fourth-order valence-electron chi connectivity index (χ4n) is 4.45. The zero-order valence-corrected chi connectivity index (χ0v) is 16.4. The van der Waals surface area contributed by atoms with E-state index in [9.17, 15) is 4.79 Å². The summed E-state index contributed by atoms with van der Waals surface area (Å²) in [4.78, 5) is 18.1. The van der Waals surface area contributed by atoms with Gasteiger partial charge in [0.1, 0.15) is 5.82 Å². The molecule has 0 radical (unpaired) electrons. The summed E-state index contributed by atoms with van der Waals surface area (Å²) >= 11 is 0. The molecule has 3 heterocycles. The minimum Gasteiger partial charge on any atom is -0.302 e. The van der Waals surface area contributed by atoms with Gasteiger partial charge in [0, 0.05) is 18.2 Å². The van der Waals surface area contributed by atoms with Crippen molar-refractivity contribution >= 4 is 16.8 Å². The zero-order chi connectivity index (χ0) is 18.8. The molecule has 2 saturated carbocycles. The molecular formula is C21H27N5O. The Kier molecular flexibility index (Phi) is 3.68. The molecule has 3 aromatic heterocycles. The van der Waals surface area contributed by atoms with E-state index in [2.05, 4.69) is 37.0 Å². The Labute approximate surface area is 158 Å². The Balaban J connectivity index is 1.83. The van der Waals surface area contributed by atoms with Crippen LogP contribution in [0, 0.1) is 5.92 Å². The maximum Gasteiger partial charge on any atom is 0.296 e. The standard InChI is InChI=1S/C21H27N5O/c1-4-5-10-25-16-11-14(13(2)3)12-22-17(16)26-18(19(25)27)23-24-20(26)21(8-9-21)15-6-7-15/h11-13,15H,4-10H2,1-3H3. The monoisotopic (exact) mass is 365 g/mol. The quantitative estimate of drug-likeness (QED) is 0.666. The number of pyridine rings is 1. The van der Waals surface area contributed by atoms with Gasteiger partial charge in [-0.25, -0.2) is 4.98 Å². The van der Waals surface area contributed by atoms with Gasteiger partial charge >= 0.3 is 0 Å². The van der Waals surface area contributed by atoms with Crippen molar-refractivity contribution in [2.24, 2.45) is 5.92 Å². The first-order valence-electron chi connectivity index (χ1n) is 10.3. The second-order valence-corrected chi connectivity index (χ2v) is 8.69. The van der Waals surface area contributed by atoms with E-state index in [1.54, 1.807) is 0 Å². The molecule has 0 aromatic carbocycles. The number of hydrogen-bond donors (Lipinski definition) is 0. The summed E-state index contributed by atoms with van der Waals surface area (Å²) in [6.45, 7) is 7.16. The maximum absolute atomic E-state index is 13.3. The smallest absolute Gasteiger partial charge is 0.296 e. The van der Waals surface area contributed by atoms with Crippen molar-refractivity contribution in [3.05, 3.63) is 34.0 Å². The zero-order valence-electron chi connectivity index (χ0n) is 16.4. The SMILES string of the molecule is CCCCn1c(=O)c2nnc(C3(C4CC4)CC3)n2c2ncc(C(C)C)cc21. The van der Waals surface area contributed by atoms with Gasteiger partial charge in [0.15, 0.2) is 5.65 Å². The topological polar surface area (TPSA) is 65.1 Å². The van der Waals surface area contributed by atoms with Crippen molar-refractivity contribution in [1.82, 2.24) is 24.1 Å². The highest BCUT2D eigenvalue weighted by molar-refractivity contribution is 5.75. The predicted octanol–water partition coefficient (Wildman–Crippen LogP) is 3.80. The van der Waals surface area contributed by atoms with Gasteiger partial charge in [-0.3, -0.25) is 9.20 Å². The van der Waals surface area contributed by atoms with Gasteiger partial charge < -0.3 is 4.57 Å². The van der Waals surface area contributed by atoms with Crippen LogP contribution < -0.4 is 5.56 Å². The first kappa shape index (κ1) is 16.9. The maximum atomic E-state index is 13.3. The summed E-state index contributed by atoms with van der Waals surface area (Å²) in [5.74, 6) is 2.04. The highest BCUT2D eigenvalue weighted by Gasteiger charge is 2.58. The molecule has 3 aromatic rings. The lowest BCUT2D eigenvalue weighted by atomic mass is 10.00. The number of nitrogens with zero attached hydrogens (tertiary/aromatic N) is 5. The van der Waals surface area contributed by atoms with E-state index in [1.807, 2.05) is 15.2 Å². The molecule has 0 aliphatic heterocycles. The van der Waals surface area contributed by atoms with Crippen LogP contribution in [0.5, 0.6) is 0 Å². The fourth-order valence-corrected chi connectivity index (χ4v) is 4.45. The first-order chi connectivity index (χ1) is 13.1. The number of fused-ring (bicyclic) bond motifs is 3. The molecule has 2 aliphatic rings. The van der Waals surface area contributed by atoms with Crippen LogP contribution >= 0.6 is 0 Å². The third kappa shape index (κ3) is 2.45. The summed E-state index contributed by atoms with van der Waals surface area (Å²) in [7, 11) is 0. The molecule has 5 rings (SSSR count). The van der Waals surface area contributed by atoms with Crippen LogP contribution in [0.2, 0.25) is 0 Å². The number of unbranched alkanes of at least 4 members (excludes halogenated alkanes) is 1. The molecule has 27 heavy (non-hydrogen) atoms. The van der Waals surface area contributed by atoms with E-state index < -0.39 is 0 Å². The summed E-state index contributed by atoms with van der Waals surface area (Å²) in [5.41, 5.74) is 3.43. The van der Waals surface area contributed by atoms with E-state index in [1.165, 1.54) is 12.8 Å². The van der Waals surface area contributed by atoms with Crippen LogP contribution in [0.15, 0.2) is 17.1 Å². The highest BCUT2D eigenvalue weighted by Crippen LogP contribution is 2.61. The van der Waals surface area contributed by atoms with E-state index in [0.717, 1.165) is 48.2 Å². The molecule has 0 bridgehead atoms. The third-order valence-electron chi connectivity index (χ3n) is 6.47. The lowest BCUT2D eigenvalue weighted by molar-refractivity contribution is 0.552. The molecule has 0 saturated heterocycles. The van der Waals surface area contributed by atoms with Gasteiger partial charge in [0.25, 0.3) is 5.56 Å². The van der Waals surface area contributed by atoms with Crippen LogP contribution in [-0.2, 0) is 12.0 Å². The molecule has 2 aliphatic carbocycles. The van der Waals surface area contributed by atoms with Gasteiger partial charge in [-0.15, -0.1) is 10.2 Å². The van der Waals surface area contributed by atoms with Gasteiger partial charge in [0.2, 0.25) is 5.65 Å². The second kappa shape index (κ2) is 5.88. The predicted molar refractivity (Wildman–Crippen MR) is 105 cm³/mol. The molecule has 2 fully saturated rings. The van der Waals surface area contributed by atoms with Crippen molar-refractivity contribution in [2.45, 2.75) is 77.2 Å². The average molecular weight is 365 g/mol. The van der Waals surface area contributed by atoms with Gasteiger partial charge in [-0.1, -0.05) is 27.2 Å². The van der Waals surface area contributed by atoms with Crippen LogP contribution in [-0.4, -0.2) is 24.1 Å². The molecule has 0 atom stereocenters. The molecular weight excluding hydrogens is 338 g/mol. The van der Waals surface area contributed by atoms with E-state index in [-0.39, 0.29) is 11.0 Å². The molecule has 142 valence electrons. The van der Waals surface area contributed by atoms with Crippen molar-refractivity contribution in [3.8, 4) is 0 Å². The fraction of sp³-hybridized carbons (Fsp3) is 0.619. The minimum absolute atomic E-state index is 0.0380. The number of hydrogen-bond acceptors (Lipinski definition) is 4. The Morgan fingerprint density at radius 3 is 2.63 bits per heavy atom. The molecule has 0 N–H and O–H groups in total. The van der Waals surface area contributed by atoms with Crippen LogP contribution in [0.4, 0.5) is 0 Å². The minimum atomic E-state index is -0.0380. The van der Waals surface area contributed by atoms with Crippen molar-refractivity contribution in [2.75, 3.05) is 0 Å². The first-order valence-corrected chi connectivity index (χ1v) is 10.3. The second-order valence-electron chi connectivity index (χ2n) is 8.69. The average Bonchev–Trinajstić information content (AvgIpc) is 3.58.